The van der Waals surface area contributed by atoms with Crippen molar-refractivity contribution in [1.82, 2.24) is 5.32 Å². The first-order chi connectivity index (χ1) is 7.14. The van der Waals surface area contributed by atoms with Crippen LogP contribution in [0.4, 0.5) is 10.5 Å². The van der Waals surface area contributed by atoms with Gasteiger partial charge in [-0.05, 0) is 19.1 Å². The van der Waals surface area contributed by atoms with Gasteiger partial charge in [-0.1, -0.05) is 18.2 Å². The van der Waals surface area contributed by atoms with Gasteiger partial charge < -0.3 is 10.4 Å². The molecule has 1 fully saturated rings. The number of aliphatic hydroxyl groups excluding tert-OH is 1. The normalized spacial score (nSPS) is 25.5. The van der Waals surface area contributed by atoms with Crippen molar-refractivity contribution in [2.75, 3.05) is 18.1 Å². The number of nitrogens with zero attached hydrogens (tertiary/aromatic N) is 1. The predicted octanol–water partition coefficient (Wildman–Crippen LogP) is 0.967. The van der Waals surface area contributed by atoms with E-state index >= 15 is 0 Å². The number of aliphatic hydroxyl groups is 1. The predicted molar refractivity (Wildman–Crippen MR) is 57.8 cm³/mol. The topological polar surface area (TPSA) is 52.6 Å². The molecule has 0 unspecified atom stereocenters. The van der Waals surface area contributed by atoms with Crippen LogP contribution in [0.1, 0.15) is 6.92 Å². The molecule has 1 aliphatic heterocycles. The van der Waals surface area contributed by atoms with Crippen molar-refractivity contribution < 1.29 is 9.90 Å². The standard InChI is InChI=1S/C11H14N2O2/c1-11(8-14)7-13(10(15)12-11)9-5-3-2-4-6-9/h2-6,14H,7-8H2,1H3,(H,12,15)/t11-/m1/s1. The maximum atomic E-state index is 11.7. The molecular formula is C11H14N2O2. The maximum Gasteiger partial charge on any atom is 0.322 e. The molecule has 1 aliphatic rings. The number of nitrogens with one attached hydrogen (secondary N) is 1. The summed E-state index contributed by atoms with van der Waals surface area (Å²) in [5.41, 5.74) is 0.319. The van der Waals surface area contributed by atoms with E-state index in [1.165, 1.54) is 0 Å². The number of hydrogen-bond donors (Lipinski definition) is 2. The Morgan fingerprint density at radius 3 is 2.67 bits per heavy atom. The minimum atomic E-state index is -0.535. The zero-order valence-corrected chi connectivity index (χ0v) is 8.60. The van der Waals surface area contributed by atoms with E-state index in [1.807, 2.05) is 37.3 Å². The number of hydrogen-bond acceptors (Lipinski definition) is 2. The van der Waals surface area contributed by atoms with Gasteiger partial charge in [-0.2, -0.15) is 0 Å². The number of rotatable bonds is 2. The second-order valence-electron chi connectivity index (χ2n) is 4.07. The number of amides is 2. The van der Waals surface area contributed by atoms with Gasteiger partial charge in [-0.3, -0.25) is 4.90 Å². The van der Waals surface area contributed by atoms with E-state index in [-0.39, 0.29) is 12.6 Å². The summed E-state index contributed by atoms with van der Waals surface area (Å²) in [5.74, 6) is 0. The SMILES string of the molecule is C[C@]1(CO)CN(c2ccccc2)C(=O)N1. The number of carbonyl (C=O) groups excluding carboxylic acids is 1. The molecule has 0 spiro atoms. The molecule has 0 bridgehead atoms. The van der Waals surface area contributed by atoms with E-state index in [0.717, 1.165) is 5.69 Å². The minimum absolute atomic E-state index is 0.0535. The van der Waals surface area contributed by atoms with E-state index in [1.54, 1.807) is 4.90 Å². The highest BCUT2D eigenvalue weighted by Crippen LogP contribution is 2.22. The lowest BCUT2D eigenvalue weighted by Gasteiger charge is -2.20. The van der Waals surface area contributed by atoms with E-state index in [9.17, 15) is 4.79 Å². The van der Waals surface area contributed by atoms with Gasteiger partial charge in [0.2, 0.25) is 0 Å². The Hall–Kier alpha value is -1.55. The van der Waals surface area contributed by atoms with Crippen LogP contribution in [0.15, 0.2) is 30.3 Å². The molecule has 80 valence electrons. The number of benzene rings is 1. The van der Waals surface area contributed by atoms with Crippen molar-refractivity contribution in [3.05, 3.63) is 30.3 Å². The van der Waals surface area contributed by atoms with Gasteiger partial charge in [-0.25, -0.2) is 4.79 Å². The van der Waals surface area contributed by atoms with Crippen molar-refractivity contribution in [3.8, 4) is 0 Å². The quantitative estimate of drug-likeness (QED) is 0.757. The fraction of sp³-hybridized carbons (Fsp3) is 0.364. The molecule has 2 amide bonds. The lowest BCUT2D eigenvalue weighted by molar-refractivity contribution is 0.198. The van der Waals surface area contributed by atoms with Gasteiger partial charge in [0.15, 0.2) is 0 Å². The van der Waals surface area contributed by atoms with Crippen molar-refractivity contribution in [3.63, 3.8) is 0 Å². The summed E-state index contributed by atoms with van der Waals surface area (Å²) in [6.45, 7) is 2.27. The van der Waals surface area contributed by atoms with Crippen LogP contribution < -0.4 is 10.2 Å². The summed E-state index contributed by atoms with van der Waals surface area (Å²) in [6, 6.07) is 9.28. The van der Waals surface area contributed by atoms with Gasteiger partial charge in [0.05, 0.1) is 18.7 Å². The first kappa shape index (κ1) is 9.98. The average molecular weight is 206 g/mol. The third-order valence-electron chi connectivity index (χ3n) is 2.58. The molecule has 1 saturated heterocycles. The lowest BCUT2D eigenvalue weighted by Crippen LogP contribution is -2.43. The molecule has 15 heavy (non-hydrogen) atoms. The van der Waals surface area contributed by atoms with E-state index < -0.39 is 5.54 Å². The Labute approximate surface area is 88.5 Å². The molecule has 0 aliphatic carbocycles. The molecule has 2 rings (SSSR count). The zero-order chi connectivity index (χ0) is 10.9. The highest BCUT2D eigenvalue weighted by atomic mass is 16.3. The molecule has 1 aromatic carbocycles. The first-order valence-corrected chi connectivity index (χ1v) is 4.90. The van der Waals surface area contributed by atoms with E-state index in [4.69, 9.17) is 5.11 Å². The Bertz CT molecular complexity index is 366. The summed E-state index contributed by atoms with van der Waals surface area (Å²) in [6.07, 6.45) is 0. The smallest absolute Gasteiger partial charge is 0.322 e. The molecule has 1 heterocycles. The summed E-state index contributed by atoms with van der Waals surface area (Å²) in [4.78, 5) is 13.3. The van der Waals surface area contributed by atoms with E-state index in [0.29, 0.717) is 6.54 Å². The molecule has 4 heteroatoms. The highest BCUT2D eigenvalue weighted by molar-refractivity contribution is 5.95. The summed E-state index contributed by atoms with van der Waals surface area (Å²) < 4.78 is 0. The van der Waals surface area contributed by atoms with Crippen molar-refractivity contribution >= 4 is 11.7 Å². The van der Waals surface area contributed by atoms with Crippen molar-refractivity contribution in [2.24, 2.45) is 0 Å². The van der Waals surface area contributed by atoms with Crippen molar-refractivity contribution in [2.45, 2.75) is 12.5 Å². The molecule has 1 aromatic rings. The van der Waals surface area contributed by atoms with Gasteiger partial charge >= 0.3 is 6.03 Å². The third-order valence-corrected chi connectivity index (χ3v) is 2.58. The summed E-state index contributed by atoms with van der Waals surface area (Å²) in [5, 5.41) is 11.9. The number of urea groups is 1. The third kappa shape index (κ3) is 1.80. The number of carbonyl (C=O) groups is 1. The van der Waals surface area contributed by atoms with Crippen molar-refractivity contribution in [1.29, 1.82) is 0 Å². The first-order valence-electron chi connectivity index (χ1n) is 4.90. The Kier molecular flexibility index (Phi) is 2.36. The molecule has 0 radical (unpaired) electrons. The van der Waals surface area contributed by atoms with Crippen LogP contribution in [0.3, 0.4) is 0 Å². The molecule has 4 nitrogen and oxygen atoms in total. The Balaban J connectivity index is 2.23. The Morgan fingerprint density at radius 2 is 2.13 bits per heavy atom. The second-order valence-corrected chi connectivity index (χ2v) is 4.07. The van der Waals surface area contributed by atoms with Gasteiger partial charge in [0, 0.05) is 5.69 Å². The van der Waals surface area contributed by atoms with Gasteiger partial charge in [-0.15, -0.1) is 0 Å². The average Bonchev–Trinajstić information content (AvgIpc) is 2.57. The fourth-order valence-electron chi connectivity index (χ4n) is 1.69. The molecule has 0 aromatic heterocycles. The number of para-hydroxylation sites is 1. The summed E-state index contributed by atoms with van der Waals surface area (Å²) >= 11 is 0. The van der Waals surface area contributed by atoms with Crippen LogP contribution in [0.25, 0.3) is 0 Å². The van der Waals surface area contributed by atoms with Gasteiger partial charge in [0.25, 0.3) is 0 Å². The molecule has 2 N–H and O–H groups in total. The molecule has 0 saturated carbocycles. The summed E-state index contributed by atoms with van der Waals surface area (Å²) in [7, 11) is 0. The van der Waals surface area contributed by atoms with E-state index in [2.05, 4.69) is 5.32 Å². The second kappa shape index (κ2) is 3.55. The largest absolute Gasteiger partial charge is 0.394 e. The van der Waals surface area contributed by atoms with Crippen LogP contribution >= 0.6 is 0 Å². The Morgan fingerprint density at radius 1 is 1.47 bits per heavy atom. The number of anilines is 1. The highest BCUT2D eigenvalue weighted by Gasteiger charge is 2.38. The monoisotopic (exact) mass is 206 g/mol. The molecular weight excluding hydrogens is 192 g/mol. The van der Waals surface area contributed by atoms with Crippen LogP contribution in [-0.2, 0) is 0 Å². The minimum Gasteiger partial charge on any atom is -0.394 e. The van der Waals surface area contributed by atoms with Crippen LogP contribution in [0, 0.1) is 0 Å². The maximum absolute atomic E-state index is 11.7. The van der Waals surface area contributed by atoms with Gasteiger partial charge in [0.1, 0.15) is 0 Å². The fourth-order valence-corrected chi connectivity index (χ4v) is 1.69. The van der Waals surface area contributed by atoms with Crippen LogP contribution in [0.2, 0.25) is 0 Å². The zero-order valence-electron chi connectivity index (χ0n) is 8.60. The molecule has 1 atom stereocenters. The van der Waals surface area contributed by atoms with Crippen LogP contribution in [0.5, 0.6) is 0 Å². The lowest BCUT2D eigenvalue weighted by atomic mass is 10.1. The van der Waals surface area contributed by atoms with Crippen LogP contribution in [-0.4, -0.2) is 29.8 Å².